The Bertz CT molecular complexity index is 2280. The number of nitrogens with zero attached hydrogens (tertiary/aromatic N) is 5. The number of rotatable bonds is 12. The van der Waals surface area contributed by atoms with Gasteiger partial charge in [-0.25, -0.2) is 4.98 Å². The maximum Gasteiger partial charge on any atom is 0.245 e. The average Bonchev–Trinajstić information content (AvgIpc) is 4.08. The normalized spacial score (nSPS) is 19.1. The molecule has 0 bridgehead atoms. The van der Waals surface area contributed by atoms with Gasteiger partial charge in [-0.1, -0.05) is 109 Å². The van der Waals surface area contributed by atoms with E-state index >= 15 is 0 Å². The molecule has 2 amide bonds. The number of likely N-dealkylation sites (N-methyl/N-ethyl adjacent to an activating group) is 1. The second-order valence-electron chi connectivity index (χ2n) is 15.4. The van der Waals surface area contributed by atoms with Gasteiger partial charge < -0.3 is 19.5 Å². The molecule has 0 spiro atoms. The molecule has 290 valence electrons. The molecule has 0 radical (unpaired) electrons. The number of benzene rings is 4. The lowest BCUT2D eigenvalue weighted by atomic mass is 9.92. The number of hydrogen-bond acceptors (Lipinski definition) is 7. The molecule has 5 aromatic rings. The summed E-state index contributed by atoms with van der Waals surface area (Å²) in [6.07, 6.45) is 5.72. The van der Waals surface area contributed by atoms with Crippen LogP contribution in [0.15, 0.2) is 127 Å². The molecular formula is C47H48N6O4. The van der Waals surface area contributed by atoms with Gasteiger partial charge in [0.05, 0.1) is 36.2 Å². The molecular weight excluding hydrogens is 713 g/mol. The minimum atomic E-state index is -0.553. The standard InChI is InChI=1S/C47H48N6O4/c1-31(54)27-39(35-11-6-4-7-12-35)45(55)53-25-26-57-47(53)40-28-38(29-48-40)34-18-16-32(17-19-34)33-20-22-36(23-21-33)41-30-49-44(50-41)42-15-10-24-52(42)46(56)43(51(2)3)37-13-8-5-9-14-37/h4-9,11-14,16-23,29-30,39,42-43,47H,10,15,24-28H2,1-3H3,(H,49,50)/t39-,42+,43-,47+/m1/s1. The van der Waals surface area contributed by atoms with Gasteiger partial charge in [-0.2, -0.15) is 0 Å². The Morgan fingerprint density at radius 1 is 0.789 bits per heavy atom. The van der Waals surface area contributed by atoms with Gasteiger partial charge in [-0.05, 0) is 72.8 Å². The van der Waals surface area contributed by atoms with E-state index in [2.05, 4.69) is 53.5 Å². The van der Waals surface area contributed by atoms with E-state index in [1.807, 2.05) is 97.0 Å². The summed E-state index contributed by atoms with van der Waals surface area (Å²) in [6.45, 7) is 3.12. The third kappa shape index (κ3) is 8.01. The monoisotopic (exact) mass is 760 g/mol. The zero-order valence-corrected chi connectivity index (χ0v) is 32.7. The molecule has 0 aliphatic carbocycles. The molecule has 4 heterocycles. The van der Waals surface area contributed by atoms with Crippen LogP contribution in [0.1, 0.15) is 73.1 Å². The summed E-state index contributed by atoms with van der Waals surface area (Å²) < 4.78 is 6.07. The molecule has 1 aromatic heterocycles. The number of carbonyl (C=O) groups is 3. The molecule has 1 N–H and O–H groups in total. The number of aromatic nitrogens is 2. The molecule has 10 nitrogen and oxygen atoms in total. The Kier molecular flexibility index (Phi) is 11.1. The van der Waals surface area contributed by atoms with Crippen LogP contribution in [0.3, 0.4) is 0 Å². The van der Waals surface area contributed by atoms with Crippen molar-refractivity contribution in [2.75, 3.05) is 33.8 Å². The molecule has 8 rings (SSSR count). The van der Waals surface area contributed by atoms with Crippen LogP contribution < -0.4 is 0 Å². The molecule has 0 unspecified atom stereocenters. The lowest BCUT2D eigenvalue weighted by molar-refractivity contribution is -0.137. The maximum absolute atomic E-state index is 13.9. The van der Waals surface area contributed by atoms with Gasteiger partial charge in [0.25, 0.3) is 0 Å². The summed E-state index contributed by atoms with van der Waals surface area (Å²) in [5.41, 5.74) is 8.88. The number of aromatic amines is 1. The first-order valence-electron chi connectivity index (χ1n) is 19.7. The van der Waals surface area contributed by atoms with Crippen molar-refractivity contribution in [3.63, 3.8) is 0 Å². The fraction of sp³-hybridized carbons (Fsp3) is 0.298. The van der Waals surface area contributed by atoms with Crippen molar-refractivity contribution in [1.82, 2.24) is 24.7 Å². The topological polar surface area (TPSA) is 111 Å². The third-order valence-electron chi connectivity index (χ3n) is 11.3. The number of nitrogens with one attached hydrogen (secondary N) is 1. The van der Waals surface area contributed by atoms with Crippen LogP contribution in [0.2, 0.25) is 0 Å². The maximum atomic E-state index is 13.9. The Morgan fingerprint density at radius 3 is 2.07 bits per heavy atom. The number of H-pyrrole nitrogens is 1. The van der Waals surface area contributed by atoms with Crippen molar-refractivity contribution in [2.45, 2.75) is 56.8 Å². The summed E-state index contributed by atoms with van der Waals surface area (Å²) in [7, 11) is 3.91. The number of Topliss-reactive ketones (excluding diaryl/α,β-unsaturated/α-hetero) is 1. The highest BCUT2D eigenvalue weighted by molar-refractivity contribution is 6.03. The van der Waals surface area contributed by atoms with Gasteiger partial charge in [0.15, 0.2) is 6.23 Å². The summed E-state index contributed by atoms with van der Waals surface area (Å²) in [6, 6.07) is 35.9. The van der Waals surface area contributed by atoms with E-state index in [0.29, 0.717) is 26.1 Å². The predicted octanol–water partition coefficient (Wildman–Crippen LogP) is 7.84. The van der Waals surface area contributed by atoms with Crippen LogP contribution in [0.25, 0.3) is 28.0 Å². The molecule has 4 atom stereocenters. The number of carbonyl (C=O) groups excluding carboxylic acids is 3. The fourth-order valence-corrected chi connectivity index (χ4v) is 8.41. The molecule has 4 aromatic carbocycles. The van der Waals surface area contributed by atoms with E-state index in [1.54, 1.807) is 4.90 Å². The second kappa shape index (κ2) is 16.6. The molecule has 2 saturated heterocycles. The average molecular weight is 761 g/mol. The van der Waals surface area contributed by atoms with Crippen molar-refractivity contribution in [2.24, 2.45) is 4.99 Å². The number of ketones is 1. The van der Waals surface area contributed by atoms with E-state index in [-0.39, 0.29) is 36.1 Å². The Balaban J connectivity index is 0.900. The van der Waals surface area contributed by atoms with E-state index in [9.17, 15) is 14.4 Å². The fourth-order valence-electron chi connectivity index (χ4n) is 8.41. The van der Waals surface area contributed by atoms with Crippen molar-refractivity contribution in [1.29, 1.82) is 0 Å². The van der Waals surface area contributed by atoms with Crippen LogP contribution in [0.5, 0.6) is 0 Å². The highest BCUT2D eigenvalue weighted by atomic mass is 16.5. The second-order valence-corrected chi connectivity index (χ2v) is 15.4. The SMILES string of the molecule is CC(=O)C[C@@H](C(=O)N1CCO[C@H]1C1=NC=C(c2ccc(-c3ccc(-c4cnc([C@@H]5CCCN5C(=O)[C@@H](c5ccccc5)N(C)C)[nH]4)cc3)cc2)C1)c1ccccc1. The summed E-state index contributed by atoms with van der Waals surface area (Å²) >= 11 is 0. The zero-order valence-electron chi connectivity index (χ0n) is 32.7. The predicted molar refractivity (Wildman–Crippen MR) is 222 cm³/mol. The first-order chi connectivity index (χ1) is 27.7. The smallest absolute Gasteiger partial charge is 0.245 e. The molecule has 2 fully saturated rings. The third-order valence-corrected chi connectivity index (χ3v) is 11.3. The van der Waals surface area contributed by atoms with Crippen molar-refractivity contribution < 1.29 is 19.1 Å². The molecule has 10 heteroatoms. The molecule has 0 saturated carbocycles. The molecule has 3 aliphatic rings. The van der Waals surface area contributed by atoms with Gasteiger partial charge in [0, 0.05) is 32.1 Å². The van der Waals surface area contributed by atoms with E-state index in [0.717, 1.165) is 69.0 Å². The summed E-state index contributed by atoms with van der Waals surface area (Å²) in [5, 5.41) is 0. The minimum Gasteiger partial charge on any atom is -0.351 e. The zero-order chi connectivity index (χ0) is 39.5. The highest BCUT2D eigenvalue weighted by Gasteiger charge is 2.39. The number of hydrogen-bond donors (Lipinski definition) is 1. The summed E-state index contributed by atoms with van der Waals surface area (Å²) in [5.74, 6) is 0.227. The van der Waals surface area contributed by atoms with Crippen LogP contribution in [-0.2, 0) is 19.1 Å². The van der Waals surface area contributed by atoms with Crippen molar-refractivity contribution >= 4 is 28.9 Å². The van der Waals surface area contributed by atoms with Crippen molar-refractivity contribution in [3.05, 3.63) is 144 Å². The summed E-state index contributed by atoms with van der Waals surface area (Å²) in [4.78, 5) is 58.7. The van der Waals surface area contributed by atoms with Gasteiger partial charge in [-0.15, -0.1) is 0 Å². The van der Waals surface area contributed by atoms with E-state index in [4.69, 9.17) is 14.7 Å². The van der Waals surface area contributed by atoms with Crippen molar-refractivity contribution in [3.8, 4) is 22.4 Å². The first-order valence-corrected chi connectivity index (χ1v) is 19.7. The lowest BCUT2D eigenvalue weighted by Crippen LogP contribution is -2.43. The lowest BCUT2D eigenvalue weighted by Gasteiger charge is -2.31. The van der Waals surface area contributed by atoms with Crippen LogP contribution >= 0.6 is 0 Å². The Morgan fingerprint density at radius 2 is 1.42 bits per heavy atom. The number of allylic oxidation sites excluding steroid dienone is 1. The quantitative estimate of drug-likeness (QED) is 0.139. The minimum absolute atomic E-state index is 0.0262. The van der Waals surface area contributed by atoms with Gasteiger partial charge in [0.2, 0.25) is 11.8 Å². The first kappa shape index (κ1) is 37.9. The van der Waals surface area contributed by atoms with Gasteiger partial charge in [0.1, 0.15) is 17.6 Å². The number of ether oxygens (including phenoxy) is 1. The van der Waals surface area contributed by atoms with Crippen LogP contribution in [0.4, 0.5) is 0 Å². The largest absolute Gasteiger partial charge is 0.351 e. The Labute approximate surface area is 333 Å². The Hall–Kier alpha value is -5.97. The number of amides is 2. The number of likely N-dealkylation sites (tertiary alicyclic amines) is 1. The molecule has 57 heavy (non-hydrogen) atoms. The van der Waals surface area contributed by atoms with Crippen LogP contribution in [-0.4, -0.2) is 88.0 Å². The van der Waals surface area contributed by atoms with Gasteiger partial charge >= 0.3 is 0 Å². The van der Waals surface area contributed by atoms with E-state index < -0.39 is 12.1 Å². The molecule has 3 aliphatic heterocycles. The number of aliphatic imine (C=N–C) groups is 1. The number of imidazole rings is 1. The van der Waals surface area contributed by atoms with E-state index in [1.165, 1.54) is 6.92 Å². The highest BCUT2D eigenvalue weighted by Crippen LogP contribution is 2.36. The van der Waals surface area contributed by atoms with Crippen LogP contribution in [0, 0.1) is 0 Å². The van der Waals surface area contributed by atoms with Gasteiger partial charge in [-0.3, -0.25) is 24.3 Å².